The van der Waals surface area contributed by atoms with Crippen LogP contribution in [0.15, 0.2) is 59.5 Å². The van der Waals surface area contributed by atoms with E-state index >= 15 is 0 Å². The highest BCUT2D eigenvalue weighted by Crippen LogP contribution is 2.20. The first kappa shape index (κ1) is 23.0. The lowest BCUT2D eigenvalue weighted by Crippen LogP contribution is -2.53. The molecule has 0 aliphatic rings. The maximum absolute atomic E-state index is 13.2. The second-order valence-electron chi connectivity index (χ2n) is 8.28. The van der Waals surface area contributed by atoms with Crippen LogP contribution in [0.25, 0.3) is 0 Å². The van der Waals surface area contributed by atoms with Gasteiger partial charge in [0.15, 0.2) is 0 Å². The SMILES string of the molecule is CCC(C(=O)NC(C)(C)C)N(Cc1cccc(C)c1)C(=O)CSc1ccccc1. The molecule has 1 atom stereocenters. The summed E-state index contributed by atoms with van der Waals surface area (Å²) in [5.74, 6) is 0.164. The first-order valence-electron chi connectivity index (χ1n) is 10.0. The number of thioether (sulfide) groups is 1. The Morgan fingerprint density at radius 2 is 1.76 bits per heavy atom. The van der Waals surface area contributed by atoms with E-state index in [4.69, 9.17) is 0 Å². The van der Waals surface area contributed by atoms with Crippen LogP contribution in [0.1, 0.15) is 45.2 Å². The molecule has 29 heavy (non-hydrogen) atoms. The molecule has 0 spiro atoms. The summed E-state index contributed by atoms with van der Waals surface area (Å²) in [6, 6.07) is 17.5. The summed E-state index contributed by atoms with van der Waals surface area (Å²) in [6.45, 7) is 10.3. The molecule has 0 aromatic heterocycles. The first-order chi connectivity index (χ1) is 13.7. The lowest BCUT2D eigenvalue weighted by atomic mass is 10.1. The molecule has 0 saturated carbocycles. The largest absolute Gasteiger partial charge is 0.350 e. The Bertz CT molecular complexity index is 815. The van der Waals surface area contributed by atoms with E-state index in [2.05, 4.69) is 11.4 Å². The fourth-order valence-corrected chi connectivity index (χ4v) is 3.93. The van der Waals surface area contributed by atoms with Gasteiger partial charge in [-0.1, -0.05) is 55.0 Å². The molecule has 4 nitrogen and oxygen atoms in total. The van der Waals surface area contributed by atoms with Crippen LogP contribution in [-0.4, -0.2) is 34.0 Å². The summed E-state index contributed by atoms with van der Waals surface area (Å²) in [6.07, 6.45) is 0.565. The van der Waals surface area contributed by atoms with Gasteiger partial charge in [-0.25, -0.2) is 0 Å². The third-order valence-corrected chi connectivity index (χ3v) is 5.42. The number of rotatable bonds is 8. The average molecular weight is 413 g/mol. The minimum absolute atomic E-state index is 0.0312. The standard InChI is InChI=1S/C24H32N2O2S/c1-6-21(23(28)25-24(3,4)5)26(16-19-12-10-11-18(2)15-19)22(27)17-29-20-13-8-7-9-14-20/h7-15,21H,6,16-17H2,1-5H3,(H,25,28). The third kappa shape index (κ3) is 7.58. The van der Waals surface area contributed by atoms with Crippen LogP contribution in [0.3, 0.4) is 0 Å². The van der Waals surface area contributed by atoms with Gasteiger partial charge < -0.3 is 10.2 Å². The van der Waals surface area contributed by atoms with E-state index < -0.39 is 6.04 Å². The summed E-state index contributed by atoms with van der Waals surface area (Å²) in [5.41, 5.74) is 1.83. The van der Waals surface area contributed by atoms with Crippen LogP contribution >= 0.6 is 11.8 Å². The van der Waals surface area contributed by atoms with Gasteiger partial charge in [0.25, 0.3) is 0 Å². The van der Waals surface area contributed by atoms with Crippen molar-refractivity contribution in [1.82, 2.24) is 10.2 Å². The van der Waals surface area contributed by atoms with Crippen LogP contribution in [0.4, 0.5) is 0 Å². The second kappa shape index (κ2) is 10.5. The molecule has 156 valence electrons. The van der Waals surface area contributed by atoms with E-state index in [0.717, 1.165) is 16.0 Å². The number of carbonyl (C=O) groups excluding carboxylic acids is 2. The summed E-state index contributed by atoms with van der Waals surface area (Å²) in [7, 11) is 0. The van der Waals surface area contributed by atoms with E-state index in [-0.39, 0.29) is 17.4 Å². The van der Waals surface area contributed by atoms with Gasteiger partial charge in [0.05, 0.1) is 5.75 Å². The van der Waals surface area contributed by atoms with Gasteiger partial charge >= 0.3 is 0 Å². The van der Waals surface area contributed by atoms with Crippen LogP contribution < -0.4 is 5.32 Å². The van der Waals surface area contributed by atoms with Crippen LogP contribution in [0, 0.1) is 6.92 Å². The Labute approximate surface area is 179 Å². The number of hydrogen-bond acceptors (Lipinski definition) is 3. The predicted molar refractivity (Wildman–Crippen MR) is 121 cm³/mol. The third-order valence-electron chi connectivity index (χ3n) is 4.43. The molecule has 2 amide bonds. The molecule has 1 N–H and O–H groups in total. The van der Waals surface area contributed by atoms with E-state index in [0.29, 0.717) is 18.7 Å². The lowest BCUT2D eigenvalue weighted by Gasteiger charge is -2.33. The highest BCUT2D eigenvalue weighted by atomic mass is 32.2. The smallest absolute Gasteiger partial charge is 0.243 e. The summed E-state index contributed by atoms with van der Waals surface area (Å²) in [5, 5.41) is 3.04. The van der Waals surface area contributed by atoms with Crippen molar-refractivity contribution in [3.63, 3.8) is 0 Å². The van der Waals surface area contributed by atoms with Crippen LogP contribution in [0.2, 0.25) is 0 Å². The van der Waals surface area contributed by atoms with E-state index in [1.165, 1.54) is 11.8 Å². The quantitative estimate of drug-likeness (QED) is 0.633. The Morgan fingerprint density at radius 1 is 1.07 bits per heavy atom. The number of amides is 2. The molecule has 2 rings (SSSR count). The molecule has 0 aliphatic carbocycles. The number of benzene rings is 2. The van der Waals surface area contributed by atoms with Crippen molar-refractivity contribution in [3.05, 3.63) is 65.7 Å². The minimum atomic E-state index is -0.501. The maximum Gasteiger partial charge on any atom is 0.243 e. The monoisotopic (exact) mass is 412 g/mol. The molecule has 2 aromatic rings. The molecule has 5 heteroatoms. The van der Waals surface area contributed by atoms with Crippen LogP contribution in [-0.2, 0) is 16.1 Å². The Hall–Kier alpha value is -2.27. The average Bonchev–Trinajstić information content (AvgIpc) is 2.65. The molecular formula is C24H32N2O2S. The zero-order chi connectivity index (χ0) is 21.4. The number of hydrogen-bond donors (Lipinski definition) is 1. The Balaban J connectivity index is 2.22. The van der Waals surface area contributed by atoms with Gasteiger partial charge in [-0.2, -0.15) is 0 Å². The molecule has 0 bridgehead atoms. The molecular weight excluding hydrogens is 380 g/mol. The highest BCUT2D eigenvalue weighted by Gasteiger charge is 2.30. The number of carbonyl (C=O) groups is 2. The first-order valence-corrected chi connectivity index (χ1v) is 11.0. The number of nitrogens with one attached hydrogen (secondary N) is 1. The van der Waals surface area contributed by atoms with Gasteiger partial charge in [-0.05, 0) is 51.8 Å². The molecule has 2 aromatic carbocycles. The van der Waals surface area contributed by atoms with E-state index in [1.807, 2.05) is 83.1 Å². The Morgan fingerprint density at radius 3 is 2.34 bits per heavy atom. The van der Waals surface area contributed by atoms with Gasteiger partial charge in [-0.15, -0.1) is 11.8 Å². The molecule has 0 radical (unpaired) electrons. The predicted octanol–water partition coefficient (Wildman–Crippen LogP) is 4.81. The molecule has 0 saturated heterocycles. The summed E-state index contributed by atoms with van der Waals surface area (Å²) >= 11 is 1.50. The van der Waals surface area contributed by atoms with Gasteiger partial charge in [-0.3, -0.25) is 9.59 Å². The highest BCUT2D eigenvalue weighted by molar-refractivity contribution is 8.00. The van der Waals surface area contributed by atoms with E-state index in [1.54, 1.807) is 4.90 Å². The molecule has 0 heterocycles. The van der Waals surface area contributed by atoms with Gasteiger partial charge in [0, 0.05) is 17.0 Å². The zero-order valence-corrected chi connectivity index (χ0v) is 18.9. The van der Waals surface area contributed by atoms with Gasteiger partial charge in [0.2, 0.25) is 11.8 Å². The topological polar surface area (TPSA) is 49.4 Å². The van der Waals surface area contributed by atoms with Crippen molar-refractivity contribution in [2.45, 2.75) is 64.1 Å². The van der Waals surface area contributed by atoms with Crippen molar-refractivity contribution in [2.75, 3.05) is 5.75 Å². The normalized spacial score (nSPS) is 12.3. The molecule has 1 unspecified atom stereocenters. The summed E-state index contributed by atoms with van der Waals surface area (Å²) < 4.78 is 0. The van der Waals surface area contributed by atoms with Crippen molar-refractivity contribution in [2.24, 2.45) is 0 Å². The molecule has 0 fully saturated rings. The Kier molecular flexibility index (Phi) is 8.32. The van der Waals surface area contributed by atoms with Gasteiger partial charge in [0.1, 0.15) is 6.04 Å². The zero-order valence-electron chi connectivity index (χ0n) is 18.1. The van der Waals surface area contributed by atoms with Crippen LogP contribution in [0.5, 0.6) is 0 Å². The number of nitrogens with zero attached hydrogens (tertiary/aromatic N) is 1. The second-order valence-corrected chi connectivity index (χ2v) is 9.32. The van der Waals surface area contributed by atoms with Crippen molar-refractivity contribution in [3.8, 4) is 0 Å². The summed E-state index contributed by atoms with van der Waals surface area (Å²) in [4.78, 5) is 28.9. The maximum atomic E-state index is 13.2. The molecule has 0 aliphatic heterocycles. The lowest BCUT2D eigenvalue weighted by molar-refractivity contribution is -0.140. The van der Waals surface area contributed by atoms with Crippen molar-refractivity contribution < 1.29 is 9.59 Å². The minimum Gasteiger partial charge on any atom is -0.350 e. The van der Waals surface area contributed by atoms with Crippen molar-refractivity contribution >= 4 is 23.6 Å². The fraction of sp³-hybridized carbons (Fsp3) is 0.417. The van der Waals surface area contributed by atoms with Crippen molar-refractivity contribution in [1.29, 1.82) is 0 Å². The fourth-order valence-electron chi connectivity index (χ4n) is 3.12. The van der Waals surface area contributed by atoms with E-state index in [9.17, 15) is 9.59 Å². The number of aryl methyl sites for hydroxylation is 1.